The van der Waals surface area contributed by atoms with Crippen LogP contribution in [0.3, 0.4) is 0 Å². The van der Waals surface area contributed by atoms with Crippen LogP contribution in [-0.4, -0.2) is 11.3 Å². The van der Waals surface area contributed by atoms with E-state index in [-0.39, 0.29) is 22.9 Å². The Kier molecular flexibility index (Phi) is 3.25. The van der Waals surface area contributed by atoms with Gasteiger partial charge in [0.2, 0.25) is 5.88 Å². The Balaban J connectivity index is 3.04. The number of anilines is 1. The van der Waals surface area contributed by atoms with E-state index in [0.29, 0.717) is 0 Å². The molecule has 0 aromatic carbocycles. The summed E-state index contributed by atoms with van der Waals surface area (Å²) in [6.07, 6.45) is -4.83. The summed E-state index contributed by atoms with van der Waals surface area (Å²) >= 11 is 5.55. The molecule has 0 aliphatic rings. The Bertz CT molecular complexity index is 346. The average Bonchev–Trinajstić information content (AvgIpc) is 1.99. The zero-order valence-corrected chi connectivity index (χ0v) is 8.06. The highest BCUT2D eigenvalue weighted by Crippen LogP contribution is 2.28. The van der Waals surface area contributed by atoms with Crippen molar-refractivity contribution in [2.45, 2.75) is 12.9 Å². The van der Waals surface area contributed by atoms with E-state index in [4.69, 9.17) is 23.1 Å². The van der Waals surface area contributed by atoms with Gasteiger partial charge in [0.1, 0.15) is 5.15 Å². The molecule has 0 spiro atoms. The van der Waals surface area contributed by atoms with E-state index >= 15 is 0 Å². The van der Waals surface area contributed by atoms with E-state index in [1.54, 1.807) is 0 Å². The van der Waals surface area contributed by atoms with Gasteiger partial charge >= 0.3 is 6.36 Å². The molecule has 0 radical (unpaired) electrons. The molecule has 4 nitrogen and oxygen atoms in total. The first-order chi connectivity index (χ1) is 6.83. The standard InChI is InChI=1S/C7H7ClF3N3O/c8-6-3(2-12)4(13)1-5(14-6)15-7(9,10)11/h1H,2,12H2,(H2,13,14). The molecule has 0 unspecified atom stereocenters. The Hall–Kier alpha value is -1.21. The van der Waals surface area contributed by atoms with Crippen LogP contribution >= 0.6 is 11.6 Å². The maximum absolute atomic E-state index is 11.8. The van der Waals surface area contributed by atoms with E-state index in [1.807, 2.05) is 0 Å². The largest absolute Gasteiger partial charge is 0.574 e. The number of hydrogen-bond donors (Lipinski definition) is 2. The van der Waals surface area contributed by atoms with Gasteiger partial charge in [-0.25, -0.2) is 4.98 Å². The molecule has 1 aromatic rings. The summed E-state index contributed by atoms with van der Waals surface area (Å²) in [5.74, 6) is -0.706. The summed E-state index contributed by atoms with van der Waals surface area (Å²) < 4.78 is 39.0. The number of nitrogen functional groups attached to an aromatic ring is 1. The van der Waals surface area contributed by atoms with Crippen molar-refractivity contribution in [1.82, 2.24) is 4.98 Å². The van der Waals surface area contributed by atoms with E-state index in [2.05, 4.69) is 9.72 Å². The maximum atomic E-state index is 11.8. The van der Waals surface area contributed by atoms with Crippen LogP contribution < -0.4 is 16.2 Å². The summed E-state index contributed by atoms with van der Waals surface area (Å²) in [4.78, 5) is 3.35. The minimum absolute atomic E-state index is 0.00996. The SMILES string of the molecule is NCc1c(N)cc(OC(F)(F)F)nc1Cl. The highest BCUT2D eigenvalue weighted by Gasteiger charge is 2.32. The van der Waals surface area contributed by atoms with Gasteiger partial charge in [-0.1, -0.05) is 11.6 Å². The van der Waals surface area contributed by atoms with Crippen LogP contribution in [0.5, 0.6) is 5.88 Å². The molecular formula is C7H7ClF3N3O. The van der Waals surface area contributed by atoms with Gasteiger partial charge in [0, 0.05) is 23.9 Å². The number of nitrogens with zero attached hydrogens (tertiary/aromatic N) is 1. The highest BCUT2D eigenvalue weighted by atomic mass is 35.5. The van der Waals surface area contributed by atoms with Gasteiger partial charge in [-0.05, 0) is 0 Å². The van der Waals surface area contributed by atoms with E-state index in [1.165, 1.54) is 0 Å². The molecule has 0 amide bonds. The Labute approximate surface area is 88.0 Å². The molecule has 1 rings (SSSR count). The van der Waals surface area contributed by atoms with Crippen molar-refractivity contribution in [3.8, 4) is 5.88 Å². The average molecular weight is 242 g/mol. The van der Waals surface area contributed by atoms with Crippen molar-refractivity contribution in [2.75, 3.05) is 5.73 Å². The fourth-order valence-corrected chi connectivity index (χ4v) is 1.18. The topological polar surface area (TPSA) is 74.2 Å². The first-order valence-electron chi connectivity index (χ1n) is 3.74. The van der Waals surface area contributed by atoms with Crippen LogP contribution in [0.2, 0.25) is 5.15 Å². The fraction of sp³-hybridized carbons (Fsp3) is 0.286. The van der Waals surface area contributed by atoms with Gasteiger partial charge in [0.25, 0.3) is 0 Å². The summed E-state index contributed by atoms with van der Waals surface area (Å²) in [5.41, 5.74) is 11.0. The summed E-state index contributed by atoms with van der Waals surface area (Å²) in [5, 5.41) is -0.197. The van der Waals surface area contributed by atoms with Crippen molar-refractivity contribution in [2.24, 2.45) is 5.73 Å². The van der Waals surface area contributed by atoms with Crippen molar-refractivity contribution >= 4 is 17.3 Å². The molecule has 15 heavy (non-hydrogen) atoms. The molecule has 1 aromatic heterocycles. The van der Waals surface area contributed by atoms with E-state index in [9.17, 15) is 13.2 Å². The van der Waals surface area contributed by atoms with Crippen LogP contribution in [-0.2, 0) is 6.54 Å². The molecule has 1 heterocycles. The van der Waals surface area contributed by atoms with Gasteiger partial charge in [-0.15, -0.1) is 13.2 Å². The molecule has 0 saturated heterocycles. The Morgan fingerprint density at radius 3 is 2.47 bits per heavy atom. The second kappa shape index (κ2) is 4.11. The molecule has 0 bridgehead atoms. The molecule has 84 valence electrons. The molecule has 0 fully saturated rings. The monoisotopic (exact) mass is 241 g/mol. The molecule has 4 N–H and O–H groups in total. The van der Waals surface area contributed by atoms with Crippen LogP contribution in [0.25, 0.3) is 0 Å². The summed E-state index contributed by atoms with van der Waals surface area (Å²) in [6, 6.07) is 0.918. The molecule has 8 heteroatoms. The lowest BCUT2D eigenvalue weighted by atomic mass is 10.2. The highest BCUT2D eigenvalue weighted by molar-refractivity contribution is 6.30. The maximum Gasteiger partial charge on any atom is 0.574 e. The summed E-state index contributed by atoms with van der Waals surface area (Å²) in [7, 11) is 0. The lowest BCUT2D eigenvalue weighted by molar-refractivity contribution is -0.276. The zero-order chi connectivity index (χ0) is 11.6. The number of alkyl halides is 3. The zero-order valence-electron chi connectivity index (χ0n) is 7.31. The van der Waals surface area contributed by atoms with Gasteiger partial charge in [0.15, 0.2) is 0 Å². The van der Waals surface area contributed by atoms with Gasteiger partial charge < -0.3 is 16.2 Å². The molecule has 0 aliphatic carbocycles. The minimum atomic E-state index is -4.83. The van der Waals surface area contributed by atoms with Crippen molar-refractivity contribution in [1.29, 1.82) is 0 Å². The van der Waals surface area contributed by atoms with Crippen molar-refractivity contribution in [3.05, 3.63) is 16.8 Å². The third-order valence-electron chi connectivity index (χ3n) is 1.51. The van der Waals surface area contributed by atoms with Crippen LogP contribution in [0.4, 0.5) is 18.9 Å². The molecule has 0 aliphatic heterocycles. The number of hydrogen-bond acceptors (Lipinski definition) is 4. The fourth-order valence-electron chi connectivity index (χ4n) is 0.909. The van der Waals surface area contributed by atoms with Gasteiger partial charge in [0.05, 0.1) is 0 Å². The predicted octanol–water partition coefficient (Wildman–Crippen LogP) is 1.67. The number of pyridine rings is 1. The lowest BCUT2D eigenvalue weighted by Gasteiger charge is -2.10. The van der Waals surface area contributed by atoms with Crippen LogP contribution in [0, 0.1) is 0 Å². The number of halogens is 4. The Morgan fingerprint density at radius 2 is 2.07 bits per heavy atom. The van der Waals surface area contributed by atoms with Crippen molar-refractivity contribution in [3.63, 3.8) is 0 Å². The minimum Gasteiger partial charge on any atom is -0.398 e. The van der Waals surface area contributed by atoms with E-state index in [0.717, 1.165) is 6.07 Å². The normalized spacial score (nSPS) is 11.5. The quantitative estimate of drug-likeness (QED) is 0.773. The molecule has 0 saturated carbocycles. The first kappa shape index (κ1) is 11.9. The van der Waals surface area contributed by atoms with Crippen molar-refractivity contribution < 1.29 is 17.9 Å². The lowest BCUT2D eigenvalue weighted by Crippen LogP contribution is -2.18. The third-order valence-corrected chi connectivity index (χ3v) is 1.82. The second-order valence-electron chi connectivity index (χ2n) is 2.57. The summed E-state index contributed by atoms with van der Waals surface area (Å²) in [6.45, 7) is -0.00996. The number of ether oxygens (including phenoxy) is 1. The first-order valence-corrected chi connectivity index (χ1v) is 4.12. The number of rotatable bonds is 2. The number of nitrogens with two attached hydrogens (primary N) is 2. The third kappa shape index (κ3) is 3.14. The molecule has 0 atom stereocenters. The van der Waals surface area contributed by atoms with Gasteiger partial charge in [-0.2, -0.15) is 0 Å². The van der Waals surface area contributed by atoms with E-state index < -0.39 is 12.2 Å². The van der Waals surface area contributed by atoms with Gasteiger partial charge in [-0.3, -0.25) is 0 Å². The van der Waals surface area contributed by atoms with Crippen LogP contribution in [0.15, 0.2) is 6.07 Å². The second-order valence-corrected chi connectivity index (χ2v) is 2.93. The molecular weight excluding hydrogens is 235 g/mol. The predicted molar refractivity (Wildman–Crippen MR) is 48.2 cm³/mol. The Morgan fingerprint density at radius 1 is 1.47 bits per heavy atom. The smallest absolute Gasteiger partial charge is 0.398 e. The number of aromatic nitrogens is 1. The van der Waals surface area contributed by atoms with Crippen LogP contribution in [0.1, 0.15) is 5.56 Å².